The largest absolute Gasteiger partial charge is 0.414 e. The maximum absolute atomic E-state index is 11.2. The average molecular weight is 237 g/mol. The number of halogens is 1. The van der Waals surface area contributed by atoms with Crippen molar-refractivity contribution >= 4 is 17.4 Å². The van der Waals surface area contributed by atoms with Crippen molar-refractivity contribution in [2.75, 3.05) is 5.88 Å². The van der Waals surface area contributed by atoms with Crippen molar-refractivity contribution in [3.63, 3.8) is 0 Å². The van der Waals surface area contributed by atoms with Gasteiger partial charge in [-0.1, -0.05) is 18.2 Å². The van der Waals surface area contributed by atoms with Crippen LogP contribution in [0.15, 0.2) is 28.7 Å². The van der Waals surface area contributed by atoms with Gasteiger partial charge in [-0.3, -0.25) is 4.79 Å². The second-order valence-electron chi connectivity index (χ2n) is 3.28. The summed E-state index contributed by atoms with van der Waals surface area (Å²) >= 11 is 5.40. The van der Waals surface area contributed by atoms with Crippen LogP contribution in [-0.4, -0.2) is 21.9 Å². The van der Waals surface area contributed by atoms with E-state index >= 15 is 0 Å². The molecule has 2 aromatic rings. The van der Waals surface area contributed by atoms with E-state index in [2.05, 4.69) is 10.2 Å². The van der Waals surface area contributed by atoms with Crippen LogP contribution in [0.1, 0.15) is 16.2 Å². The molecule has 0 bridgehead atoms. The molecule has 0 spiro atoms. The van der Waals surface area contributed by atoms with Crippen LogP contribution in [0.4, 0.5) is 0 Å². The Hall–Kier alpha value is -1.68. The van der Waals surface area contributed by atoms with Crippen molar-refractivity contribution in [2.24, 2.45) is 0 Å². The topological polar surface area (TPSA) is 56.0 Å². The number of rotatable bonds is 3. The van der Waals surface area contributed by atoms with Gasteiger partial charge in [0.2, 0.25) is 11.7 Å². The molecule has 16 heavy (non-hydrogen) atoms. The highest BCUT2D eigenvalue weighted by Gasteiger charge is 2.15. The van der Waals surface area contributed by atoms with Gasteiger partial charge in [0.15, 0.2) is 0 Å². The molecular formula is C11H9ClN2O2. The van der Waals surface area contributed by atoms with Crippen molar-refractivity contribution in [2.45, 2.75) is 6.92 Å². The first-order chi connectivity index (χ1) is 7.72. The number of carbonyl (C=O) groups excluding carboxylic acids is 1. The molecule has 2 rings (SSSR count). The molecule has 0 amide bonds. The lowest BCUT2D eigenvalue weighted by molar-refractivity contribution is 0.0985. The van der Waals surface area contributed by atoms with Gasteiger partial charge in [0.25, 0.3) is 5.89 Å². The summed E-state index contributed by atoms with van der Waals surface area (Å²) in [6.45, 7) is 1.93. The van der Waals surface area contributed by atoms with Crippen molar-refractivity contribution in [3.8, 4) is 11.5 Å². The normalized spacial score (nSPS) is 10.4. The van der Waals surface area contributed by atoms with Gasteiger partial charge < -0.3 is 4.42 Å². The summed E-state index contributed by atoms with van der Waals surface area (Å²) in [7, 11) is 0. The summed E-state index contributed by atoms with van der Waals surface area (Å²) in [5, 5.41) is 7.47. The fraction of sp³-hybridized carbons (Fsp3) is 0.182. The molecule has 0 aliphatic rings. The first kappa shape index (κ1) is 10.8. The van der Waals surface area contributed by atoms with Crippen LogP contribution in [0.2, 0.25) is 0 Å². The third-order valence-corrected chi connectivity index (χ3v) is 2.40. The molecule has 0 N–H and O–H groups in total. The third kappa shape index (κ3) is 1.97. The molecule has 0 aliphatic carbocycles. The zero-order valence-electron chi connectivity index (χ0n) is 8.61. The molecule has 1 heterocycles. The van der Waals surface area contributed by atoms with Gasteiger partial charge in [-0.2, -0.15) is 0 Å². The summed E-state index contributed by atoms with van der Waals surface area (Å²) in [6, 6.07) is 7.58. The Bertz CT molecular complexity index is 522. The second-order valence-corrected chi connectivity index (χ2v) is 3.55. The molecule has 0 atom stereocenters. The highest BCUT2D eigenvalue weighted by atomic mass is 35.5. The Morgan fingerprint density at radius 3 is 2.81 bits per heavy atom. The molecular weight excluding hydrogens is 228 g/mol. The highest BCUT2D eigenvalue weighted by molar-refractivity contribution is 6.29. The standard InChI is InChI=1S/C11H9ClN2O2/c1-7-4-2-3-5-8(7)10-13-14-11(16-10)9(15)6-12/h2-5H,6H2,1H3. The van der Waals surface area contributed by atoms with Crippen LogP contribution >= 0.6 is 11.6 Å². The molecule has 1 aromatic heterocycles. The van der Waals surface area contributed by atoms with Gasteiger partial charge in [-0.15, -0.1) is 21.8 Å². The Morgan fingerprint density at radius 2 is 2.12 bits per heavy atom. The fourth-order valence-electron chi connectivity index (χ4n) is 1.31. The van der Waals surface area contributed by atoms with Crippen LogP contribution in [-0.2, 0) is 0 Å². The predicted molar refractivity (Wildman–Crippen MR) is 59.5 cm³/mol. The van der Waals surface area contributed by atoms with E-state index in [1.807, 2.05) is 31.2 Å². The lowest BCUT2D eigenvalue weighted by Crippen LogP contribution is -1.99. The molecule has 0 unspecified atom stereocenters. The van der Waals surface area contributed by atoms with E-state index in [1.54, 1.807) is 0 Å². The second kappa shape index (κ2) is 4.45. The SMILES string of the molecule is Cc1ccccc1-c1nnc(C(=O)CCl)o1. The Kier molecular flexibility index (Phi) is 3.01. The van der Waals surface area contributed by atoms with Crippen molar-refractivity contribution in [1.82, 2.24) is 10.2 Å². The summed E-state index contributed by atoms with van der Waals surface area (Å²) < 4.78 is 5.25. The predicted octanol–water partition coefficient (Wildman–Crippen LogP) is 2.47. The van der Waals surface area contributed by atoms with Crippen molar-refractivity contribution in [3.05, 3.63) is 35.7 Å². The number of aryl methyl sites for hydroxylation is 1. The molecule has 0 saturated heterocycles. The van der Waals surface area contributed by atoms with Crippen LogP contribution in [0.5, 0.6) is 0 Å². The fourth-order valence-corrected chi connectivity index (χ4v) is 1.43. The number of Topliss-reactive ketones (excluding diaryl/α,β-unsaturated/α-hetero) is 1. The Morgan fingerprint density at radius 1 is 1.38 bits per heavy atom. The number of hydrogen-bond donors (Lipinski definition) is 0. The quantitative estimate of drug-likeness (QED) is 0.607. The number of ketones is 1. The molecule has 1 aromatic carbocycles. The summed E-state index contributed by atoms with van der Waals surface area (Å²) in [5.41, 5.74) is 1.83. The van der Waals surface area contributed by atoms with Gasteiger partial charge in [0.1, 0.15) is 0 Å². The van der Waals surface area contributed by atoms with Gasteiger partial charge in [0.05, 0.1) is 5.88 Å². The van der Waals surface area contributed by atoms with Crippen LogP contribution in [0.25, 0.3) is 11.5 Å². The van der Waals surface area contributed by atoms with E-state index in [-0.39, 0.29) is 17.6 Å². The highest BCUT2D eigenvalue weighted by Crippen LogP contribution is 2.21. The number of aromatic nitrogens is 2. The maximum atomic E-state index is 11.2. The van der Waals surface area contributed by atoms with Crippen LogP contribution in [0.3, 0.4) is 0 Å². The maximum Gasteiger partial charge on any atom is 0.285 e. The van der Waals surface area contributed by atoms with Crippen molar-refractivity contribution in [1.29, 1.82) is 0 Å². The van der Waals surface area contributed by atoms with E-state index in [0.29, 0.717) is 5.89 Å². The van der Waals surface area contributed by atoms with Gasteiger partial charge in [-0.25, -0.2) is 0 Å². The van der Waals surface area contributed by atoms with Crippen LogP contribution in [0, 0.1) is 6.92 Å². The third-order valence-electron chi connectivity index (χ3n) is 2.16. The first-order valence-corrected chi connectivity index (χ1v) is 5.24. The monoisotopic (exact) mass is 236 g/mol. The Labute approximate surface area is 97.3 Å². The summed E-state index contributed by atoms with van der Waals surface area (Å²) in [5.74, 6) is -0.233. The van der Waals surface area contributed by atoms with E-state index in [4.69, 9.17) is 16.0 Å². The molecule has 82 valence electrons. The molecule has 0 aliphatic heterocycles. The van der Waals surface area contributed by atoms with E-state index in [0.717, 1.165) is 11.1 Å². The van der Waals surface area contributed by atoms with E-state index < -0.39 is 0 Å². The average Bonchev–Trinajstić information content (AvgIpc) is 2.78. The smallest absolute Gasteiger partial charge is 0.285 e. The zero-order chi connectivity index (χ0) is 11.5. The van der Waals surface area contributed by atoms with Crippen molar-refractivity contribution < 1.29 is 9.21 Å². The van der Waals surface area contributed by atoms with Gasteiger partial charge >= 0.3 is 0 Å². The summed E-state index contributed by atoms with van der Waals surface area (Å²) in [6.07, 6.45) is 0. The minimum Gasteiger partial charge on any atom is -0.414 e. The number of nitrogens with zero attached hydrogens (tertiary/aromatic N) is 2. The number of benzene rings is 1. The van der Waals surface area contributed by atoms with Gasteiger partial charge in [0, 0.05) is 5.56 Å². The number of alkyl halides is 1. The number of carbonyl (C=O) groups is 1. The minimum atomic E-state index is -0.367. The lowest BCUT2D eigenvalue weighted by atomic mass is 10.1. The number of hydrogen-bond acceptors (Lipinski definition) is 4. The van der Waals surface area contributed by atoms with Crippen LogP contribution < -0.4 is 0 Å². The van der Waals surface area contributed by atoms with Gasteiger partial charge in [-0.05, 0) is 18.6 Å². The van der Waals surface area contributed by atoms with E-state index in [1.165, 1.54) is 0 Å². The lowest BCUT2D eigenvalue weighted by Gasteiger charge is -1.98. The summed E-state index contributed by atoms with van der Waals surface area (Å²) in [4.78, 5) is 11.2. The van der Waals surface area contributed by atoms with E-state index in [9.17, 15) is 4.79 Å². The minimum absolute atomic E-state index is 0.0479. The first-order valence-electron chi connectivity index (χ1n) is 4.71. The Balaban J connectivity index is 2.39. The zero-order valence-corrected chi connectivity index (χ0v) is 9.36. The molecule has 0 fully saturated rings. The molecule has 4 nitrogen and oxygen atoms in total. The molecule has 0 saturated carbocycles. The molecule has 0 radical (unpaired) electrons. The molecule has 5 heteroatoms.